The van der Waals surface area contributed by atoms with Crippen molar-refractivity contribution in [3.8, 4) is 0 Å². The number of carbonyl (C=O) groups excluding carboxylic acids is 1. The van der Waals surface area contributed by atoms with Gasteiger partial charge in [-0.2, -0.15) is 0 Å². The number of urea groups is 1. The third kappa shape index (κ3) is 4.19. The first-order chi connectivity index (χ1) is 10.1. The first kappa shape index (κ1) is 15.3. The van der Waals surface area contributed by atoms with Gasteiger partial charge >= 0.3 is 12.0 Å². The third-order valence-electron chi connectivity index (χ3n) is 3.64. The third-order valence-corrected chi connectivity index (χ3v) is 3.64. The van der Waals surface area contributed by atoms with Crippen LogP contribution in [0.5, 0.6) is 0 Å². The number of aromatic carboxylic acids is 1. The number of hydrogen-bond donors (Lipinski definition) is 2. The highest BCUT2D eigenvalue weighted by atomic mass is 16.5. The Morgan fingerprint density at radius 3 is 2.95 bits per heavy atom. The van der Waals surface area contributed by atoms with E-state index in [1.165, 1.54) is 0 Å². The lowest BCUT2D eigenvalue weighted by atomic mass is 10.1. The summed E-state index contributed by atoms with van der Waals surface area (Å²) in [6, 6.07) is 6.76. The predicted octanol–water partition coefficient (Wildman–Crippen LogP) is 1.36. The standard InChI is InChI=1S/C15H20N2O4/c1-17(13-6-8-21-10-13)15(20)16-7-5-11-3-2-4-12(9-11)14(18)19/h2-4,9,13H,5-8,10H2,1H3,(H,16,20)(H,18,19). The second kappa shape index (κ2) is 7.08. The van der Waals surface area contributed by atoms with E-state index in [0.717, 1.165) is 12.0 Å². The van der Waals surface area contributed by atoms with Gasteiger partial charge in [-0.25, -0.2) is 9.59 Å². The van der Waals surface area contributed by atoms with Crippen molar-refractivity contribution in [2.45, 2.75) is 18.9 Å². The number of carboxylic acids is 1. The molecule has 0 radical (unpaired) electrons. The molecule has 0 saturated carbocycles. The molecule has 1 aliphatic heterocycles. The number of nitrogens with one attached hydrogen (secondary N) is 1. The Labute approximate surface area is 123 Å². The fraction of sp³-hybridized carbons (Fsp3) is 0.467. The van der Waals surface area contributed by atoms with E-state index in [1.807, 2.05) is 6.07 Å². The van der Waals surface area contributed by atoms with Gasteiger partial charge in [-0.05, 0) is 30.5 Å². The highest BCUT2D eigenvalue weighted by molar-refractivity contribution is 5.87. The molecule has 2 N–H and O–H groups in total. The molecule has 0 spiro atoms. The zero-order valence-electron chi connectivity index (χ0n) is 12.0. The maximum Gasteiger partial charge on any atom is 0.335 e. The summed E-state index contributed by atoms with van der Waals surface area (Å²) >= 11 is 0. The highest BCUT2D eigenvalue weighted by Crippen LogP contribution is 2.10. The van der Waals surface area contributed by atoms with Crippen molar-refractivity contribution < 1.29 is 19.4 Å². The van der Waals surface area contributed by atoms with E-state index in [9.17, 15) is 9.59 Å². The monoisotopic (exact) mass is 292 g/mol. The van der Waals surface area contributed by atoms with Crippen LogP contribution in [-0.2, 0) is 11.2 Å². The first-order valence-corrected chi connectivity index (χ1v) is 6.98. The lowest BCUT2D eigenvalue weighted by molar-refractivity contribution is 0.0696. The molecule has 114 valence electrons. The number of amides is 2. The zero-order chi connectivity index (χ0) is 15.2. The van der Waals surface area contributed by atoms with Crippen LogP contribution in [0.1, 0.15) is 22.3 Å². The van der Waals surface area contributed by atoms with Crippen LogP contribution in [0, 0.1) is 0 Å². The molecular formula is C15H20N2O4. The molecule has 0 bridgehead atoms. The summed E-state index contributed by atoms with van der Waals surface area (Å²) in [4.78, 5) is 24.5. The number of carbonyl (C=O) groups is 2. The van der Waals surface area contributed by atoms with Gasteiger partial charge in [0.1, 0.15) is 0 Å². The quantitative estimate of drug-likeness (QED) is 0.859. The van der Waals surface area contributed by atoms with Crippen LogP contribution >= 0.6 is 0 Å². The number of rotatable bonds is 5. The van der Waals surface area contributed by atoms with E-state index in [-0.39, 0.29) is 17.6 Å². The van der Waals surface area contributed by atoms with Crippen molar-refractivity contribution in [3.63, 3.8) is 0 Å². The molecule has 1 aromatic rings. The molecule has 21 heavy (non-hydrogen) atoms. The predicted molar refractivity (Wildman–Crippen MR) is 77.5 cm³/mol. The summed E-state index contributed by atoms with van der Waals surface area (Å²) in [5.74, 6) is -0.943. The maximum absolute atomic E-state index is 12.0. The number of nitrogens with zero attached hydrogens (tertiary/aromatic N) is 1. The van der Waals surface area contributed by atoms with Gasteiger partial charge in [0.05, 0.1) is 18.2 Å². The van der Waals surface area contributed by atoms with Gasteiger partial charge < -0.3 is 20.1 Å². The normalized spacial score (nSPS) is 17.5. The van der Waals surface area contributed by atoms with Gasteiger partial charge in [0.2, 0.25) is 0 Å². The average molecular weight is 292 g/mol. The summed E-state index contributed by atoms with van der Waals surface area (Å²) in [5.41, 5.74) is 1.15. The molecule has 1 aromatic carbocycles. The van der Waals surface area contributed by atoms with Crippen LogP contribution < -0.4 is 5.32 Å². The van der Waals surface area contributed by atoms with Gasteiger partial charge in [0, 0.05) is 20.2 Å². The molecule has 0 aliphatic carbocycles. The number of hydrogen-bond acceptors (Lipinski definition) is 3. The molecule has 1 heterocycles. The lowest BCUT2D eigenvalue weighted by Crippen LogP contribution is -2.44. The Kier molecular flexibility index (Phi) is 5.16. The average Bonchev–Trinajstić information content (AvgIpc) is 3.00. The van der Waals surface area contributed by atoms with Crippen LogP contribution in [-0.4, -0.2) is 54.9 Å². The maximum atomic E-state index is 12.0. The lowest BCUT2D eigenvalue weighted by Gasteiger charge is -2.23. The van der Waals surface area contributed by atoms with E-state index in [1.54, 1.807) is 30.1 Å². The van der Waals surface area contributed by atoms with Crippen molar-refractivity contribution in [1.82, 2.24) is 10.2 Å². The van der Waals surface area contributed by atoms with Crippen LogP contribution in [0.15, 0.2) is 24.3 Å². The largest absolute Gasteiger partial charge is 0.478 e. The SMILES string of the molecule is CN(C(=O)NCCc1cccc(C(=O)O)c1)C1CCOC1. The summed E-state index contributed by atoms with van der Waals surface area (Å²) in [6.45, 7) is 1.76. The molecule has 1 aliphatic rings. The van der Waals surface area contributed by atoms with Crippen LogP contribution in [0.25, 0.3) is 0 Å². The molecule has 2 amide bonds. The minimum atomic E-state index is -0.943. The van der Waals surface area contributed by atoms with Gasteiger partial charge in [-0.3, -0.25) is 0 Å². The highest BCUT2D eigenvalue weighted by Gasteiger charge is 2.23. The number of benzene rings is 1. The summed E-state index contributed by atoms with van der Waals surface area (Å²) < 4.78 is 5.26. The van der Waals surface area contributed by atoms with Crippen molar-refractivity contribution in [2.24, 2.45) is 0 Å². The Balaban J connectivity index is 1.79. The van der Waals surface area contributed by atoms with E-state index in [4.69, 9.17) is 9.84 Å². The van der Waals surface area contributed by atoms with Crippen LogP contribution in [0.4, 0.5) is 4.79 Å². The second-order valence-electron chi connectivity index (χ2n) is 5.12. The molecular weight excluding hydrogens is 272 g/mol. The van der Waals surface area contributed by atoms with Gasteiger partial charge in [0.15, 0.2) is 0 Å². The van der Waals surface area contributed by atoms with Crippen molar-refractivity contribution in [2.75, 3.05) is 26.8 Å². The fourth-order valence-electron chi connectivity index (χ4n) is 2.29. The Hall–Kier alpha value is -2.08. The Morgan fingerprint density at radius 2 is 2.29 bits per heavy atom. The first-order valence-electron chi connectivity index (χ1n) is 6.98. The molecule has 6 heteroatoms. The number of likely N-dealkylation sites (N-methyl/N-ethyl adjacent to an activating group) is 1. The van der Waals surface area contributed by atoms with Gasteiger partial charge in [0.25, 0.3) is 0 Å². The van der Waals surface area contributed by atoms with Gasteiger partial charge in [-0.15, -0.1) is 0 Å². The smallest absolute Gasteiger partial charge is 0.335 e. The molecule has 2 rings (SSSR count). The Morgan fingerprint density at radius 1 is 1.48 bits per heavy atom. The van der Waals surface area contributed by atoms with Crippen LogP contribution in [0.2, 0.25) is 0 Å². The minimum absolute atomic E-state index is 0.125. The molecule has 1 fully saturated rings. The molecule has 1 atom stereocenters. The zero-order valence-corrected chi connectivity index (χ0v) is 12.0. The molecule has 1 saturated heterocycles. The van der Waals surface area contributed by atoms with Crippen molar-refractivity contribution in [1.29, 1.82) is 0 Å². The molecule has 1 unspecified atom stereocenters. The summed E-state index contributed by atoms with van der Waals surface area (Å²) in [5, 5.41) is 11.8. The summed E-state index contributed by atoms with van der Waals surface area (Å²) in [7, 11) is 1.76. The van der Waals surface area contributed by atoms with E-state index in [2.05, 4.69) is 5.32 Å². The minimum Gasteiger partial charge on any atom is -0.478 e. The van der Waals surface area contributed by atoms with E-state index < -0.39 is 5.97 Å². The topological polar surface area (TPSA) is 78.9 Å². The summed E-state index contributed by atoms with van der Waals surface area (Å²) in [6.07, 6.45) is 1.46. The number of ether oxygens (including phenoxy) is 1. The number of carboxylic acid groups (broad SMARTS) is 1. The van der Waals surface area contributed by atoms with Crippen molar-refractivity contribution in [3.05, 3.63) is 35.4 Å². The van der Waals surface area contributed by atoms with Gasteiger partial charge in [-0.1, -0.05) is 12.1 Å². The van der Waals surface area contributed by atoms with E-state index in [0.29, 0.717) is 26.2 Å². The Bertz CT molecular complexity index is 512. The van der Waals surface area contributed by atoms with E-state index >= 15 is 0 Å². The van der Waals surface area contributed by atoms with Crippen molar-refractivity contribution >= 4 is 12.0 Å². The second-order valence-corrected chi connectivity index (χ2v) is 5.12. The fourth-order valence-corrected chi connectivity index (χ4v) is 2.29. The van der Waals surface area contributed by atoms with Crippen LogP contribution in [0.3, 0.4) is 0 Å². The molecule has 6 nitrogen and oxygen atoms in total. The molecule has 0 aromatic heterocycles.